The molecule has 0 saturated heterocycles. The van der Waals surface area contributed by atoms with Crippen molar-refractivity contribution in [2.24, 2.45) is 17.8 Å². The SMILES string of the molecule is O=C(Cc1cc(F)cc(F)c1)C1CC2CC2C1. The van der Waals surface area contributed by atoms with E-state index in [9.17, 15) is 13.6 Å². The van der Waals surface area contributed by atoms with Crippen LogP contribution in [0.1, 0.15) is 24.8 Å². The van der Waals surface area contributed by atoms with E-state index in [1.54, 1.807) is 0 Å². The Kier molecular flexibility index (Phi) is 2.49. The number of carbonyl (C=O) groups excluding carboxylic acids is 1. The Bertz CT molecular complexity index is 439. The second kappa shape index (κ2) is 3.90. The highest BCUT2D eigenvalue weighted by Crippen LogP contribution is 2.54. The van der Waals surface area contributed by atoms with Gasteiger partial charge < -0.3 is 0 Å². The largest absolute Gasteiger partial charge is 0.299 e. The summed E-state index contributed by atoms with van der Waals surface area (Å²) in [5.41, 5.74) is 0.452. The van der Waals surface area contributed by atoms with Gasteiger partial charge in [0.2, 0.25) is 0 Å². The maximum Gasteiger partial charge on any atom is 0.140 e. The van der Waals surface area contributed by atoms with Crippen LogP contribution in [0.3, 0.4) is 0 Å². The van der Waals surface area contributed by atoms with Gasteiger partial charge in [0.1, 0.15) is 17.4 Å². The first-order valence-corrected chi connectivity index (χ1v) is 6.09. The maximum atomic E-state index is 13.0. The van der Waals surface area contributed by atoms with Gasteiger partial charge in [-0.3, -0.25) is 4.79 Å². The number of halogens is 2. The predicted molar refractivity (Wildman–Crippen MR) is 59.4 cm³/mol. The summed E-state index contributed by atoms with van der Waals surface area (Å²) in [4.78, 5) is 12.0. The molecule has 1 aromatic rings. The Balaban J connectivity index is 1.67. The Labute approximate surface area is 98.8 Å². The van der Waals surface area contributed by atoms with Crippen LogP contribution < -0.4 is 0 Å². The van der Waals surface area contributed by atoms with Gasteiger partial charge in [-0.1, -0.05) is 0 Å². The summed E-state index contributed by atoms with van der Waals surface area (Å²) in [5.74, 6) is 0.567. The average Bonchev–Trinajstić information content (AvgIpc) is 2.84. The van der Waals surface area contributed by atoms with Gasteiger partial charge in [0.25, 0.3) is 0 Å². The molecule has 17 heavy (non-hydrogen) atoms. The van der Waals surface area contributed by atoms with Crippen molar-refractivity contribution >= 4 is 5.78 Å². The van der Waals surface area contributed by atoms with Gasteiger partial charge in [0.05, 0.1) is 0 Å². The summed E-state index contributed by atoms with van der Waals surface area (Å²) in [6.07, 6.45) is 3.42. The summed E-state index contributed by atoms with van der Waals surface area (Å²) < 4.78 is 25.9. The van der Waals surface area contributed by atoms with E-state index in [4.69, 9.17) is 0 Å². The molecule has 0 spiro atoms. The summed E-state index contributed by atoms with van der Waals surface area (Å²) in [5, 5.41) is 0. The molecule has 90 valence electrons. The molecule has 2 saturated carbocycles. The number of hydrogen-bond donors (Lipinski definition) is 0. The average molecular weight is 236 g/mol. The molecular formula is C14H14F2O. The van der Waals surface area contributed by atoms with Crippen LogP contribution in [0.5, 0.6) is 0 Å². The Morgan fingerprint density at radius 3 is 2.24 bits per heavy atom. The van der Waals surface area contributed by atoms with Crippen LogP contribution in [-0.4, -0.2) is 5.78 Å². The zero-order valence-electron chi connectivity index (χ0n) is 9.46. The lowest BCUT2D eigenvalue weighted by Gasteiger charge is -2.10. The molecule has 0 bridgehead atoms. The summed E-state index contributed by atoms with van der Waals surface area (Å²) >= 11 is 0. The lowest BCUT2D eigenvalue weighted by molar-refractivity contribution is -0.122. The Hall–Kier alpha value is -1.25. The van der Waals surface area contributed by atoms with Crippen molar-refractivity contribution in [3.63, 3.8) is 0 Å². The van der Waals surface area contributed by atoms with Crippen molar-refractivity contribution in [3.05, 3.63) is 35.4 Å². The zero-order valence-corrected chi connectivity index (χ0v) is 9.46. The molecule has 2 fully saturated rings. The third-order valence-electron chi connectivity index (χ3n) is 4.00. The van der Waals surface area contributed by atoms with Crippen molar-refractivity contribution in [1.29, 1.82) is 0 Å². The highest BCUT2D eigenvalue weighted by molar-refractivity contribution is 5.83. The van der Waals surface area contributed by atoms with Crippen LogP contribution in [-0.2, 0) is 11.2 Å². The molecular weight excluding hydrogens is 222 g/mol. The molecule has 3 heteroatoms. The summed E-state index contributed by atoms with van der Waals surface area (Å²) in [6, 6.07) is 3.33. The van der Waals surface area contributed by atoms with E-state index >= 15 is 0 Å². The van der Waals surface area contributed by atoms with Gasteiger partial charge in [0, 0.05) is 18.4 Å². The fourth-order valence-electron chi connectivity index (χ4n) is 3.04. The summed E-state index contributed by atoms with van der Waals surface area (Å²) in [6.45, 7) is 0. The Morgan fingerprint density at radius 1 is 1.06 bits per heavy atom. The molecule has 1 aromatic carbocycles. The lowest BCUT2D eigenvalue weighted by Crippen LogP contribution is -2.15. The fraction of sp³-hybridized carbons (Fsp3) is 0.500. The monoisotopic (exact) mass is 236 g/mol. The van der Waals surface area contributed by atoms with Crippen LogP contribution in [0.15, 0.2) is 18.2 Å². The minimum absolute atomic E-state index is 0.130. The van der Waals surface area contributed by atoms with Gasteiger partial charge in [-0.25, -0.2) is 8.78 Å². The topological polar surface area (TPSA) is 17.1 Å². The highest BCUT2D eigenvalue weighted by atomic mass is 19.1. The zero-order chi connectivity index (χ0) is 12.0. The van der Waals surface area contributed by atoms with Crippen LogP contribution in [0.4, 0.5) is 8.78 Å². The quantitative estimate of drug-likeness (QED) is 0.788. The van der Waals surface area contributed by atoms with Crippen molar-refractivity contribution in [1.82, 2.24) is 0 Å². The van der Waals surface area contributed by atoms with E-state index in [1.165, 1.54) is 18.6 Å². The molecule has 3 rings (SSSR count). The van der Waals surface area contributed by atoms with Gasteiger partial charge >= 0.3 is 0 Å². The highest BCUT2D eigenvalue weighted by Gasteiger charge is 2.47. The third kappa shape index (κ3) is 2.24. The molecule has 2 aliphatic rings. The van der Waals surface area contributed by atoms with E-state index in [1.807, 2.05) is 0 Å². The number of fused-ring (bicyclic) bond motifs is 1. The van der Waals surface area contributed by atoms with Gasteiger partial charge in [-0.2, -0.15) is 0 Å². The first-order valence-electron chi connectivity index (χ1n) is 6.09. The molecule has 0 amide bonds. The third-order valence-corrected chi connectivity index (χ3v) is 4.00. The molecule has 1 nitrogen and oxygen atoms in total. The molecule has 2 unspecified atom stereocenters. The first kappa shape index (κ1) is 10.9. The lowest BCUT2D eigenvalue weighted by atomic mass is 9.93. The number of carbonyl (C=O) groups is 1. The van der Waals surface area contributed by atoms with Crippen LogP contribution >= 0.6 is 0 Å². The fourth-order valence-corrected chi connectivity index (χ4v) is 3.04. The van der Waals surface area contributed by atoms with E-state index < -0.39 is 11.6 Å². The van der Waals surface area contributed by atoms with Gasteiger partial charge in [0.15, 0.2) is 0 Å². The number of benzene rings is 1. The minimum Gasteiger partial charge on any atom is -0.299 e. The summed E-state index contributed by atoms with van der Waals surface area (Å²) in [7, 11) is 0. The number of hydrogen-bond acceptors (Lipinski definition) is 1. The van der Waals surface area contributed by atoms with Crippen molar-refractivity contribution < 1.29 is 13.6 Å². The standard InChI is InChI=1S/C14H14F2O/c15-12-1-8(2-13(16)7-12)3-14(17)11-5-9-4-10(9)6-11/h1-2,7,9-11H,3-6H2. The maximum absolute atomic E-state index is 13.0. The van der Waals surface area contributed by atoms with Gasteiger partial charge in [-0.15, -0.1) is 0 Å². The van der Waals surface area contributed by atoms with E-state index in [2.05, 4.69) is 0 Å². The van der Waals surface area contributed by atoms with Crippen molar-refractivity contribution in [2.75, 3.05) is 0 Å². The molecule has 2 atom stereocenters. The molecule has 2 aliphatic carbocycles. The first-order chi connectivity index (χ1) is 8.11. The molecule has 0 radical (unpaired) electrons. The van der Waals surface area contributed by atoms with Crippen molar-refractivity contribution in [3.8, 4) is 0 Å². The number of rotatable bonds is 3. The second-order valence-electron chi connectivity index (χ2n) is 5.34. The molecule has 0 aromatic heterocycles. The smallest absolute Gasteiger partial charge is 0.140 e. The van der Waals surface area contributed by atoms with Crippen LogP contribution in [0.2, 0.25) is 0 Å². The van der Waals surface area contributed by atoms with Crippen LogP contribution in [0.25, 0.3) is 0 Å². The predicted octanol–water partition coefficient (Wildman–Crippen LogP) is 3.12. The minimum atomic E-state index is -0.609. The van der Waals surface area contributed by atoms with Crippen LogP contribution in [0, 0.1) is 29.4 Å². The second-order valence-corrected chi connectivity index (χ2v) is 5.34. The number of ketones is 1. The van der Waals surface area contributed by atoms with E-state index in [-0.39, 0.29) is 18.1 Å². The van der Waals surface area contributed by atoms with E-state index in [0.29, 0.717) is 5.56 Å². The van der Waals surface area contributed by atoms with Crippen molar-refractivity contribution in [2.45, 2.75) is 25.7 Å². The Morgan fingerprint density at radius 2 is 1.65 bits per heavy atom. The normalized spacial score (nSPS) is 30.1. The molecule has 0 heterocycles. The molecule has 0 aliphatic heterocycles. The molecule has 0 N–H and O–H groups in total. The number of Topliss-reactive ketones (excluding diaryl/α,β-unsaturated/α-hetero) is 1. The van der Waals surface area contributed by atoms with E-state index in [0.717, 1.165) is 30.7 Å². The van der Waals surface area contributed by atoms with Gasteiger partial charge in [-0.05, 0) is 48.8 Å².